The van der Waals surface area contributed by atoms with Crippen LogP contribution in [-0.4, -0.2) is 44.4 Å². The Kier molecular flexibility index (Phi) is 5.13. The molecule has 0 radical (unpaired) electrons. The summed E-state index contributed by atoms with van der Waals surface area (Å²) < 4.78 is 1.93. The fraction of sp³-hybridized carbons (Fsp3) is 0.609. The Labute approximate surface area is 172 Å². The summed E-state index contributed by atoms with van der Waals surface area (Å²) in [7, 11) is 0. The number of rotatable bonds is 4. The molecule has 4 atom stereocenters. The Balaban J connectivity index is 1.70. The van der Waals surface area contributed by atoms with Crippen molar-refractivity contribution >= 4 is 22.8 Å². The second-order valence-corrected chi connectivity index (χ2v) is 9.09. The van der Waals surface area contributed by atoms with Crippen LogP contribution in [0.15, 0.2) is 24.3 Å². The van der Waals surface area contributed by atoms with Crippen molar-refractivity contribution in [3.8, 4) is 0 Å². The molecule has 1 N–H and O–H groups in total. The van der Waals surface area contributed by atoms with E-state index < -0.39 is 5.54 Å². The number of carbonyl (C=O) groups is 2. The summed E-state index contributed by atoms with van der Waals surface area (Å²) in [5, 5.41) is 3.32. The number of carbonyl (C=O) groups excluding carboxylic acids is 2. The van der Waals surface area contributed by atoms with Gasteiger partial charge in [0.1, 0.15) is 5.54 Å². The molecule has 2 aliphatic rings. The van der Waals surface area contributed by atoms with Crippen molar-refractivity contribution in [2.24, 2.45) is 11.8 Å². The van der Waals surface area contributed by atoms with Crippen LogP contribution in [0.1, 0.15) is 64.0 Å². The zero-order valence-electron chi connectivity index (χ0n) is 17.9. The van der Waals surface area contributed by atoms with Crippen molar-refractivity contribution in [2.45, 2.75) is 71.5 Å². The van der Waals surface area contributed by atoms with E-state index in [4.69, 9.17) is 0 Å². The van der Waals surface area contributed by atoms with Gasteiger partial charge in [0.15, 0.2) is 5.82 Å². The molecule has 0 unspecified atom stereocenters. The second kappa shape index (κ2) is 7.47. The summed E-state index contributed by atoms with van der Waals surface area (Å²) in [5.41, 5.74) is 0.779. The van der Waals surface area contributed by atoms with Crippen LogP contribution in [0.25, 0.3) is 11.0 Å². The van der Waals surface area contributed by atoms with Crippen molar-refractivity contribution in [1.82, 2.24) is 19.8 Å². The monoisotopic (exact) mass is 396 g/mol. The van der Waals surface area contributed by atoms with Crippen molar-refractivity contribution in [3.05, 3.63) is 30.1 Å². The molecule has 0 saturated heterocycles. The number of hydrogen-bond acceptors (Lipinski definition) is 3. The molecule has 2 heterocycles. The molecule has 1 aliphatic carbocycles. The molecule has 1 fully saturated rings. The lowest BCUT2D eigenvalue weighted by atomic mass is 9.77. The zero-order chi connectivity index (χ0) is 20.8. The van der Waals surface area contributed by atoms with Crippen molar-refractivity contribution in [2.75, 3.05) is 6.54 Å². The average molecular weight is 397 g/mol. The van der Waals surface area contributed by atoms with Gasteiger partial charge in [-0.15, -0.1) is 0 Å². The maximum Gasteiger partial charge on any atom is 0.290 e. The predicted octanol–water partition coefficient (Wildman–Crippen LogP) is 3.60. The maximum atomic E-state index is 13.6. The second-order valence-electron chi connectivity index (χ2n) is 9.09. The van der Waals surface area contributed by atoms with Crippen LogP contribution in [-0.2, 0) is 11.3 Å². The first-order chi connectivity index (χ1) is 13.9. The van der Waals surface area contributed by atoms with Crippen LogP contribution in [0.4, 0.5) is 0 Å². The molecule has 29 heavy (non-hydrogen) atoms. The maximum absolute atomic E-state index is 13.6. The van der Waals surface area contributed by atoms with Gasteiger partial charge < -0.3 is 14.8 Å². The first-order valence-corrected chi connectivity index (χ1v) is 10.9. The first kappa shape index (κ1) is 19.9. The first-order valence-electron chi connectivity index (χ1n) is 10.9. The molecule has 4 rings (SSSR count). The number of hydrogen-bond donors (Lipinski definition) is 1. The molecule has 6 nitrogen and oxygen atoms in total. The Morgan fingerprint density at radius 2 is 2.03 bits per heavy atom. The SMILES string of the molecule is CCCN1C(=O)c2nc3ccccc3n2C[C@]1(C)C(=O)N[C@@H]1CCC[C@@H](C)[C@@H]1C. The number of amides is 2. The minimum absolute atomic E-state index is 0.0475. The number of nitrogens with one attached hydrogen (secondary N) is 1. The highest BCUT2D eigenvalue weighted by atomic mass is 16.2. The molecule has 0 spiro atoms. The van der Waals surface area contributed by atoms with Crippen molar-refractivity contribution in [3.63, 3.8) is 0 Å². The van der Waals surface area contributed by atoms with Gasteiger partial charge in [-0.1, -0.05) is 45.7 Å². The molecule has 1 saturated carbocycles. The number of fused-ring (bicyclic) bond motifs is 3. The molecule has 1 aromatic heterocycles. The van der Waals surface area contributed by atoms with Gasteiger partial charge in [-0.05, 0) is 43.7 Å². The third-order valence-corrected chi connectivity index (χ3v) is 7.11. The highest BCUT2D eigenvalue weighted by Gasteiger charge is 2.48. The number of aromatic nitrogens is 2. The van der Waals surface area contributed by atoms with Crippen molar-refractivity contribution < 1.29 is 9.59 Å². The van der Waals surface area contributed by atoms with E-state index in [9.17, 15) is 9.59 Å². The number of imidazole rings is 1. The van der Waals surface area contributed by atoms with Crippen LogP contribution in [0.5, 0.6) is 0 Å². The highest BCUT2D eigenvalue weighted by Crippen LogP contribution is 2.33. The molecule has 2 aromatic rings. The third kappa shape index (κ3) is 3.22. The fourth-order valence-electron chi connectivity index (χ4n) is 5.01. The largest absolute Gasteiger partial charge is 0.351 e. The Hall–Kier alpha value is -2.37. The van der Waals surface area contributed by atoms with Crippen molar-refractivity contribution in [1.29, 1.82) is 0 Å². The lowest BCUT2D eigenvalue weighted by Crippen LogP contribution is -2.65. The predicted molar refractivity (Wildman–Crippen MR) is 114 cm³/mol. The summed E-state index contributed by atoms with van der Waals surface area (Å²) >= 11 is 0. The Morgan fingerprint density at radius 3 is 2.79 bits per heavy atom. The Morgan fingerprint density at radius 1 is 1.28 bits per heavy atom. The molecule has 156 valence electrons. The van der Waals surface area contributed by atoms with E-state index in [2.05, 4.69) is 24.1 Å². The van der Waals surface area contributed by atoms with Crippen LogP contribution in [0.2, 0.25) is 0 Å². The summed E-state index contributed by atoms with van der Waals surface area (Å²) in [4.78, 5) is 33.3. The van der Waals surface area contributed by atoms with Gasteiger partial charge in [-0.3, -0.25) is 9.59 Å². The molecule has 6 heteroatoms. The normalized spacial score (nSPS) is 29.7. The van der Waals surface area contributed by atoms with E-state index in [-0.39, 0.29) is 17.9 Å². The quantitative estimate of drug-likeness (QED) is 0.859. The van der Waals surface area contributed by atoms with E-state index in [0.717, 1.165) is 30.3 Å². The van der Waals surface area contributed by atoms with E-state index in [0.29, 0.717) is 30.7 Å². The molecule has 1 aromatic carbocycles. The fourth-order valence-corrected chi connectivity index (χ4v) is 5.01. The molecular formula is C23H32N4O2. The summed E-state index contributed by atoms with van der Waals surface area (Å²) in [5.74, 6) is 1.28. The third-order valence-electron chi connectivity index (χ3n) is 7.11. The van der Waals surface area contributed by atoms with Gasteiger partial charge in [-0.2, -0.15) is 0 Å². The van der Waals surface area contributed by atoms with E-state index in [1.807, 2.05) is 42.7 Å². The smallest absolute Gasteiger partial charge is 0.290 e. The average Bonchev–Trinajstić information content (AvgIpc) is 3.07. The molecular weight excluding hydrogens is 364 g/mol. The van der Waals surface area contributed by atoms with Gasteiger partial charge in [0.25, 0.3) is 5.91 Å². The molecule has 0 bridgehead atoms. The van der Waals surface area contributed by atoms with Gasteiger partial charge in [-0.25, -0.2) is 4.98 Å². The van der Waals surface area contributed by atoms with E-state index >= 15 is 0 Å². The lowest BCUT2D eigenvalue weighted by Gasteiger charge is -2.45. The van der Waals surface area contributed by atoms with Crippen LogP contribution in [0, 0.1) is 11.8 Å². The summed E-state index contributed by atoms with van der Waals surface area (Å²) in [6.07, 6.45) is 4.16. The molecule has 2 amide bonds. The highest BCUT2D eigenvalue weighted by molar-refractivity contribution is 6.01. The number of benzene rings is 1. The van der Waals surface area contributed by atoms with Gasteiger partial charge >= 0.3 is 0 Å². The summed E-state index contributed by atoms with van der Waals surface area (Å²) in [6.45, 7) is 9.41. The minimum Gasteiger partial charge on any atom is -0.351 e. The van der Waals surface area contributed by atoms with Crippen LogP contribution in [0.3, 0.4) is 0 Å². The van der Waals surface area contributed by atoms with Crippen LogP contribution < -0.4 is 5.32 Å². The molecule has 1 aliphatic heterocycles. The van der Waals surface area contributed by atoms with Crippen LogP contribution >= 0.6 is 0 Å². The zero-order valence-corrected chi connectivity index (χ0v) is 17.9. The number of nitrogens with zero attached hydrogens (tertiary/aromatic N) is 3. The standard InChI is InChI=1S/C23H32N4O2/c1-5-13-27-21(28)20-24-18-10-6-7-12-19(18)26(20)14-23(27,4)22(29)25-17-11-8-9-15(2)16(17)3/h6-7,10,12,15-17H,5,8-9,11,13-14H2,1-4H3,(H,25,29)/t15-,16+,17-,23-/m1/s1. The van der Waals surface area contributed by atoms with E-state index in [1.165, 1.54) is 6.42 Å². The summed E-state index contributed by atoms with van der Waals surface area (Å²) in [6, 6.07) is 7.93. The van der Waals surface area contributed by atoms with E-state index in [1.54, 1.807) is 4.90 Å². The number of para-hydroxylation sites is 2. The topological polar surface area (TPSA) is 67.2 Å². The minimum atomic E-state index is -0.927. The van der Waals surface area contributed by atoms with Gasteiger partial charge in [0.05, 0.1) is 17.6 Å². The Bertz CT molecular complexity index is 936. The van der Waals surface area contributed by atoms with Gasteiger partial charge in [0, 0.05) is 12.6 Å². The lowest BCUT2D eigenvalue weighted by molar-refractivity contribution is -0.134. The van der Waals surface area contributed by atoms with Gasteiger partial charge in [0.2, 0.25) is 5.91 Å².